The molecule has 0 saturated heterocycles. The molecular formula is C27H29F2N5O3. The third-order valence-corrected chi connectivity index (χ3v) is 8.10. The first-order valence-corrected chi connectivity index (χ1v) is 12.4. The van der Waals surface area contributed by atoms with Gasteiger partial charge in [-0.2, -0.15) is 0 Å². The number of carboxylic acid groups (broad SMARTS) is 1. The van der Waals surface area contributed by atoms with Gasteiger partial charge in [-0.05, 0) is 56.2 Å². The average molecular weight is 510 g/mol. The number of rotatable bonds is 8. The average Bonchev–Trinajstić information content (AvgIpc) is 3.36. The first-order valence-electron chi connectivity index (χ1n) is 12.4. The lowest BCUT2D eigenvalue weighted by Gasteiger charge is -2.50. The van der Waals surface area contributed by atoms with E-state index >= 15 is 0 Å². The van der Waals surface area contributed by atoms with Crippen LogP contribution in [0.2, 0.25) is 0 Å². The van der Waals surface area contributed by atoms with Gasteiger partial charge < -0.3 is 10.4 Å². The number of carboxylic acids is 1. The predicted octanol–water partition coefficient (Wildman–Crippen LogP) is 4.46. The Morgan fingerprint density at radius 3 is 2.27 bits per heavy atom. The van der Waals surface area contributed by atoms with E-state index in [1.54, 1.807) is 10.9 Å². The number of amides is 1. The maximum Gasteiger partial charge on any atom is 0.309 e. The molecule has 2 bridgehead atoms. The normalized spacial score (nSPS) is 24.0. The summed E-state index contributed by atoms with van der Waals surface area (Å²) in [6, 6.07) is 11.8. The number of halogens is 2. The Hall–Kier alpha value is -3.69. The highest BCUT2D eigenvalue weighted by Gasteiger charge is 2.55. The molecular weight excluding hydrogens is 480 g/mol. The molecule has 1 amide bonds. The van der Waals surface area contributed by atoms with Crippen LogP contribution in [-0.2, 0) is 22.1 Å². The minimum Gasteiger partial charge on any atom is -0.481 e. The van der Waals surface area contributed by atoms with Crippen LogP contribution in [0.1, 0.15) is 74.0 Å². The summed E-state index contributed by atoms with van der Waals surface area (Å²) in [6.45, 7) is 1.06. The van der Waals surface area contributed by atoms with Crippen LogP contribution in [0.5, 0.6) is 0 Å². The summed E-state index contributed by atoms with van der Waals surface area (Å²) in [6.07, 6.45) is 6.07. The van der Waals surface area contributed by atoms with Gasteiger partial charge in [0.05, 0.1) is 29.9 Å². The Balaban J connectivity index is 1.35. The zero-order valence-electron chi connectivity index (χ0n) is 20.5. The van der Waals surface area contributed by atoms with Crippen molar-refractivity contribution in [1.82, 2.24) is 25.3 Å². The molecule has 0 spiro atoms. The van der Waals surface area contributed by atoms with E-state index in [0.717, 1.165) is 18.7 Å². The van der Waals surface area contributed by atoms with Crippen molar-refractivity contribution >= 4 is 11.9 Å². The lowest BCUT2D eigenvalue weighted by atomic mass is 9.53. The van der Waals surface area contributed by atoms with E-state index in [1.165, 1.54) is 12.1 Å². The zero-order chi connectivity index (χ0) is 26.3. The molecule has 1 unspecified atom stereocenters. The second kappa shape index (κ2) is 9.32. The van der Waals surface area contributed by atoms with Crippen LogP contribution in [0.3, 0.4) is 0 Å². The number of aliphatic carboxylic acids is 1. The van der Waals surface area contributed by atoms with Crippen LogP contribution >= 0.6 is 0 Å². The summed E-state index contributed by atoms with van der Waals surface area (Å²) in [5.74, 6) is -3.81. The van der Waals surface area contributed by atoms with E-state index in [4.69, 9.17) is 0 Å². The fourth-order valence-corrected chi connectivity index (χ4v) is 5.57. The van der Waals surface area contributed by atoms with Crippen molar-refractivity contribution in [2.45, 2.75) is 64.0 Å². The molecule has 2 aromatic heterocycles. The van der Waals surface area contributed by atoms with Crippen molar-refractivity contribution in [1.29, 1.82) is 0 Å². The predicted molar refractivity (Wildman–Crippen MR) is 130 cm³/mol. The van der Waals surface area contributed by atoms with Crippen LogP contribution in [0.4, 0.5) is 8.78 Å². The van der Waals surface area contributed by atoms with Gasteiger partial charge in [-0.1, -0.05) is 35.5 Å². The van der Waals surface area contributed by atoms with E-state index in [2.05, 4.69) is 20.6 Å². The summed E-state index contributed by atoms with van der Waals surface area (Å²) in [7, 11) is 0. The third kappa shape index (κ3) is 4.84. The van der Waals surface area contributed by atoms with Gasteiger partial charge in [0, 0.05) is 24.1 Å². The van der Waals surface area contributed by atoms with Gasteiger partial charge in [0.15, 0.2) is 0 Å². The Morgan fingerprint density at radius 2 is 1.70 bits per heavy atom. The van der Waals surface area contributed by atoms with Crippen LogP contribution in [0.15, 0.2) is 54.9 Å². The highest BCUT2D eigenvalue weighted by molar-refractivity contribution is 5.85. The molecule has 10 heteroatoms. The number of fused-ring (bicyclic) bond motifs is 3. The van der Waals surface area contributed by atoms with Gasteiger partial charge in [0.1, 0.15) is 5.69 Å². The number of benzene rings is 1. The smallest absolute Gasteiger partial charge is 0.309 e. The molecule has 2 heterocycles. The van der Waals surface area contributed by atoms with Crippen LogP contribution in [-0.4, -0.2) is 37.0 Å². The molecule has 3 aliphatic rings. The SMILES string of the molecule is CC(F)(F)c1ccc(Cn2cc(C(NC(=O)C34CCC(C(=O)O)(CC3)CC4)c3ccccc3)nn2)nc1. The van der Waals surface area contributed by atoms with E-state index in [9.17, 15) is 23.5 Å². The molecule has 0 radical (unpaired) electrons. The maximum atomic E-state index is 13.6. The standard InChI is InChI=1S/C27H29F2N5O3/c1-25(28,29)19-7-8-20(30-15-19)16-34-17-21(32-33-34)22(18-5-3-2-4-6-18)31-23(35)26-9-12-27(13-10-26,14-11-26)24(36)37/h2-8,15,17,22H,9-14,16H2,1H3,(H,31,35)(H,36,37). The fourth-order valence-electron chi connectivity index (χ4n) is 5.57. The molecule has 6 rings (SSSR count). The highest BCUT2D eigenvalue weighted by Crippen LogP contribution is 2.57. The fraction of sp³-hybridized carbons (Fsp3) is 0.444. The number of carbonyl (C=O) groups excluding carboxylic acids is 1. The molecule has 2 N–H and O–H groups in total. The molecule has 0 aliphatic heterocycles. The van der Waals surface area contributed by atoms with Crippen molar-refractivity contribution in [3.63, 3.8) is 0 Å². The monoisotopic (exact) mass is 509 g/mol. The summed E-state index contributed by atoms with van der Waals surface area (Å²) in [5.41, 5.74) is 0.510. The first-order chi connectivity index (χ1) is 17.6. The molecule has 8 nitrogen and oxygen atoms in total. The van der Waals surface area contributed by atoms with Crippen molar-refractivity contribution in [3.8, 4) is 0 Å². The lowest BCUT2D eigenvalue weighted by Crippen LogP contribution is -2.53. The topological polar surface area (TPSA) is 110 Å². The van der Waals surface area contributed by atoms with Gasteiger partial charge in [-0.25, -0.2) is 13.5 Å². The van der Waals surface area contributed by atoms with E-state index in [0.29, 0.717) is 49.9 Å². The zero-order valence-corrected chi connectivity index (χ0v) is 20.5. The van der Waals surface area contributed by atoms with Crippen molar-refractivity contribution in [2.24, 2.45) is 10.8 Å². The number of alkyl halides is 2. The molecule has 3 aromatic rings. The van der Waals surface area contributed by atoms with E-state index in [1.807, 2.05) is 30.3 Å². The van der Waals surface area contributed by atoms with E-state index in [-0.39, 0.29) is 18.0 Å². The summed E-state index contributed by atoms with van der Waals surface area (Å²) in [4.78, 5) is 29.5. The maximum absolute atomic E-state index is 13.6. The number of hydrogen-bond donors (Lipinski definition) is 2. The summed E-state index contributed by atoms with van der Waals surface area (Å²) < 4.78 is 28.5. The lowest BCUT2D eigenvalue weighted by molar-refractivity contribution is -0.163. The van der Waals surface area contributed by atoms with Gasteiger partial charge in [-0.15, -0.1) is 5.10 Å². The van der Waals surface area contributed by atoms with Crippen LogP contribution in [0, 0.1) is 10.8 Å². The van der Waals surface area contributed by atoms with Crippen molar-refractivity contribution in [3.05, 3.63) is 77.4 Å². The molecule has 194 valence electrons. The number of carbonyl (C=O) groups is 2. The Kier molecular flexibility index (Phi) is 6.29. The second-order valence-corrected chi connectivity index (χ2v) is 10.5. The molecule has 3 aliphatic carbocycles. The Labute approximate surface area is 213 Å². The van der Waals surface area contributed by atoms with Crippen LogP contribution in [0.25, 0.3) is 0 Å². The molecule has 37 heavy (non-hydrogen) atoms. The minimum atomic E-state index is -2.96. The second-order valence-electron chi connectivity index (χ2n) is 10.5. The molecule has 1 aromatic carbocycles. The van der Waals surface area contributed by atoms with E-state index < -0.39 is 28.8 Å². The number of pyridine rings is 1. The number of hydrogen-bond acceptors (Lipinski definition) is 5. The van der Waals surface area contributed by atoms with Gasteiger partial charge in [-0.3, -0.25) is 14.6 Å². The van der Waals surface area contributed by atoms with Crippen LogP contribution < -0.4 is 5.32 Å². The highest BCUT2D eigenvalue weighted by atomic mass is 19.3. The van der Waals surface area contributed by atoms with Crippen molar-refractivity contribution < 1.29 is 23.5 Å². The molecule has 3 saturated carbocycles. The third-order valence-electron chi connectivity index (χ3n) is 8.10. The van der Waals surface area contributed by atoms with Crippen molar-refractivity contribution in [2.75, 3.05) is 0 Å². The number of nitrogens with zero attached hydrogens (tertiary/aromatic N) is 4. The van der Waals surface area contributed by atoms with Gasteiger partial charge >= 0.3 is 5.97 Å². The van der Waals surface area contributed by atoms with Gasteiger partial charge in [0.25, 0.3) is 5.92 Å². The largest absolute Gasteiger partial charge is 0.481 e. The first kappa shape index (κ1) is 25.0. The Bertz CT molecular complexity index is 1260. The molecule has 1 atom stereocenters. The number of nitrogens with one attached hydrogen (secondary N) is 1. The minimum absolute atomic E-state index is 0.0904. The Morgan fingerprint density at radius 1 is 1.05 bits per heavy atom. The number of aromatic nitrogens is 4. The quantitative estimate of drug-likeness (QED) is 0.464. The van der Waals surface area contributed by atoms with Gasteiger partial charge in [0.2, 0.25) is 5.91 Å². The summed E-state index contributed by atoms with van der Waals surface area (Å²) in [5, 5.41) is 21.4. The molecule has 3 fully saturated rings. The summed E-state index contributed by atoms with van der Waals surface area (Å²) >= 11 is 0.